The number of benzene rings is 1. The zero-order valence-electron chi connectivity index (χ0n) is 19.7. The van der Waals surface area contributed by atoms with Gasteiger partial charge < -0.3 is 19.7 Å². The average molecular weight is 438 g/mol. The van der Waals surface area contributed by atoms with Crippen LogP contribution in [0.2, 0.25) is 0 Å². The van der Waals surface area contributed by atoms with E-state index < -0.39 is 0 Å². The number of fused-ring (bicyclic) bond motifs is 1. The van der Waals surface area contributed by atoms with Gasteiger partial charge in [-0.3, -0.25) is 9.88 Å². The molecule has 4 rings (SSSR count). The van der Waals surface area contributed by atoms with Crippen molar-refractivity contribution in [3.8, 4) is 5.75 Å². The second-order valence-corrected chi connectivity index (χ2v) is 8.55. The van der Waals surface area contributed by atoms with Gasteiger partial charge in [0.1, 0.15) is 5.75 Å². The van der Waals surface area contributed by atoms with Crippen molar-refractivity contribution in [2.75, 3.05) is 39.9 Å². The molecule has 2 atom stereocenters. The van der Waals surface area contributed by atoms with E-state index in [2.05, 4.69) is 64.3 Å². The van der Waals surface area contributed by atoms with Crippen molar-refractivity contribution in [1.29, 1.82) is 0 Å². The number of pyridine rings is 1. The lowest BCUT2D eigenvalue weighted by Crippen LogP contribution is -2.50. The standard InChI is InChI=1S/C25H35N5O2/c1-5-26-25(28-14-21-19(3)24(31-4)18(2)13-27-21)30-16-22-23(17-30)32-12-11-29(22)15-20-9-7-6-8-10-20/h6-10,13,22-23H,5,11-12,14-17H2,1-4H3,(H,26,28). The maximum Gasteiger partial charge on any atom is 0.194 e. The van der Waals surface area contributed by atoms with Gasteiger partial charge >= 0.3 is 0 Å². The highest BCUT2D eigenvalue weighted by Gasteiger charge is 2.41. The molecule has 2 saturated heterocycles. The Morgan fingerprint density at radius 3 is 2.81 bits per heavy atom. The van der Waals surface area contributed by atoms with Crippen LogP contribution < -0.4 is 10.1 Å². The first-order chi connectivity index (χ1) is 15.6. The van der Waals surface area contributed by atoms with Gasteiger partial charge in [0.05, 0.1) is 38.1 Å². The third kappa shape index (κ3) is 4.89. The van der Waals surface area contributed by atoms with Crippen molar-refractivity contribution in [1.82, 2.24) is 20.1 Å². The highest BCUT2D eigenvalue weighted by molar-refractivity contribution is 5.80. The van der Waals surface area contributed by atoms with Gasteiger partial charge in [-0.2, -0.15) is 0 Å². The normalized spacial score (nSPS) is 21.5. The van der Waals surface area contributed by atoms with E-state index in [9.17, 15) is 0 Å². The molecule has 3 heterocycles. The van der Waals surface area contributed by atoms with E-state index in [1.54, 1.807) is 7.11 Å². The quantitative estimate of drug-likeness (QED) is 0.554. The highest BCUT2D eigenvalue weighted by Crippen LogP contribution is 2.26. The summed E-state index contributed by atoms with van der Waals surface area (Å²) in [6, 6.07) is 11.1. The molecule has 2 aliphatic heterocycles. The summed E-state index contributed by atoms with van der Waals surface area (Å²) in [5.41, 5.74) is 4.40. The summed E-state index contributed by atoms with van der Waals surface area (Å²) < 4.78 is 11.7. The van der Waals surface area contributed by atoms with E-state index >= 15 is 0 Å². The molecule has 1 aromatic carbocycles. The number of methoxy groups -OCH3 is 1. The van der Waals surface area contributed by atoms with Crippen molar-refractivity contribution < 1.29 is 9.47 Å². The van der Waals surface area contributed by atoms with Crippen LogP contribution in [0, 0.1) is 13.8 Å². The highest BCUT2D eigenvalue weighted by atomic mass is 16.5. The number of guanidine groups is 1. The molecule has 7 nitrogen and oxygen atoms in total. The topological polar surface area (TPSA) is 62.2 Å². The Bertz CT molecular complexity index is 933. The van der Waals surface area contributed by atoms with Crippen molar-refractivity contribution in [2.45, 2.75) is 46.0 Å². The van der Waals surface area contributed by atoms with Gasteiger partial charge in [-0.25, -0.2) is 4.99 Å². The van der Waals surface area contributed by atoms with Crippen LogP contribution in [0.25, 0.3) is 0 Å². The third-order valence-corrected chi connectivity index (χ3v) is 6.41. The number of nitrogens with one attached hydrogen (secondary N) is 1. The molecule has 32 heavy (non-hydrogen) atoms. The molecular formula is C25H35N5O2. The predicted octanol–water partition coefficient (Wildman–Crippen LogP) is 2.76. The number of morpholine rings is 1. The first kappa shape index (κ1) is 22.6. The molecule has 0 aliphatic carbocycles. The van der Waals surface area contributed by atoms with Gasteiger partial charge in [0.25, 0.3) is 0 Å². The van der Waals surface area contributed by atoms with Crippen LogP contribution in [0.1, 0.15) is 29.3 Å². The van der Waals surface area contributed by atoms with Crippen LogP contribution in [0.15, 0.2) is 41.5 Å². The van der Waals surface area contributed by atoms with Crippen molar-refractivity contribution >= 4 is 5.96 Å². The van der Waals surface area contributed by atoms with Crippen LogP contribution in [-0.2, 0) is 17.8 Å². The first-order valence-electron chi connectivity index (χ1n) is 11.5. The van der Waals surface area contributed by atoms with E-state index in [0.717, 1.165) is 67.9 Å². The second kappa shape index (κ2) is 10.3. The maximum atomic E-state index is 6.16. The number of aliphatic imine (C=N–C) groups is 1. The van der Waals surface area contributed by atoms with Gasteiger partial charge in [-0.15, -0.1) is 0 Å². The van der Waals surface area contributed by atoms with Crippen LogP contribution in [-0.4, -0.2) is 72.8 Å². The number of aryl methyl sites for hydroxylation is 1. The molecule has 2 aromatic rings. The van der Waals surface area contributed by atoms with Gasteiger partial charge in [0.2, 0.25) is 0 Å². The maximum absolute atomic E-state index is 6.16. The number of nitrogens with zero attached hydrogens (tertiary/aromatic N) is 4. The van der Waals surface area contributed by atoms with Gasteiger partial charge in [0.15, 0.2) is 5.96 Å². The third-order valence-electron chi connectivity index (χ3n) is 6.41. The van der Waals surface area contributed by atoms with E-state index in [0.29, 0.717) is 12.6 Å². The predicted molar refractivity (Wildman–Crippen MR) is 127 cm³/mol. The molecule has 2 aliphatic rings. The molecule has 7 heteroatoms. The monoisotopic (exact) mass is 437 g/mol. The smallest absolute Gasteiger partial charge is 0.194 e. The Labute approximate surface area is 191 Å². The first-order valence-corrected chi connectivity index (χ1v) is 11.5. The van der Waals surface area contributed by atoms with Crippen molar-refractivity contribution in [2.24, 2.45) is 4.99 Å². The molecule has 1 aromatic heterocycles. The zero-order chi connectivity index (χ0) is 22.5. The summed E-state index contributed by atoms with van der Waals surface area (Å²) in [7, 11) is 1.71. The molecule has 0 bridgehead atoms. The molecule has 0 saturated carbocycles. The molecule has 2 unspecified atom stereocenters. The van der Waals surface area contributed by atoms with E-state index in [-0.39, 0.29) is 6.10 Å². The summed E-state index contributed by atoms with van der Waals surface area (Å²) in [5.74, 6) is 1.82. The molecule has 0 radical (unpaired) electrons. The van der Waals surface area contributed by atoms with E-state index in [1.165, 1.54) is 5.56 Å². The summed E-state index contributed by atoms with van der Waals surface area (Å²) in [6.45, 7) is 12.0. The average Bonchev–Trinajstić information content (AvgIpc) is 3.24. The summed E-state index contributed by atoms with van der Waals surface area (Å²) >= 11 is 0. The van der Waals surface area contributed by atoms with E-state index in [1.807, 2.05) is 13.1 Å². The molecule has 0 amide bonds. The number of hydrogen-bond donors (Lipinski definition) is 1. The summed E-state index contributed by atoms with van der Waals surface area (Å²) in [5, 5.41) is 3.47. The Morgan fingerprint density at radius 2 is 2.06 bits per heavy atom. The van der Waals surface area contributed by atoms with E-state index in [4.69, 9.17) is 14.5 Å². The van der Waals surface area contributed by atoms with Crippen molar-refractivity contribution in [3.05, 3.63) is 58.9 Å². The number of ether oxygens (including phenoxy) is 2. The van der Waals surface area contributed by atoms with Crippen molar-refractivity contribution in [3.63, 3.8) is 0 Å². The minimum Gasteiger partial charge on any atom is -0.496 e. The summed E-state index contributed by atoms with van der Waals surface area (Å²) in [6.07, 6.45) is 2.07. The number of rotatable bonds is 6. The number of aromatic nitrogens is 1. The molecule has 2 fully saturated rings. The minimum atomic E-state index is 0.204. The zero-order valence-corrected chi connectivity index (χ0v) is 19.7. The fourth-order valence-electron chi connectivity index (χ4n) is 4.75. The Hall–Kier alpha value is -2.64. The van der Waals surface area contributed by atoms with Gasteiger partial charge in [-0.1, -0.05) is 30.3 Å². The number of hydrogen-bond acceptors (Lipinski definition) is 5. The minimum absolute atomic E-state index is 0.204. The SMILES string of the molecule is CCNC(=NCc1ncc(C)c(OC)c1C)N1CC2OCCN(Cc3ccccc3)C2C1. The molecular weight excluding hydrogens is 402 g/mol. The molecule has 0 spiro atoms. The van der Waals surface area contributed by atoms with Gasteiger partial charge in [-0.05, 0) is 26.3 Å². The fraction of sp³-hybridized carbons (Fsp3) is 0.520. The fourth-order valence-corrected chi connectivity index (χ4v) is 4.75. The lowest BCUT2D eigenvalue weighted by molar-refractivity contribution is -0.0502. The lowest BCUT2D eigenvalue weighted by Gasteiger charge is -2.36. The Kier molecular flexibility index (Phi) is 7.27. The van der Waals surface area contributed by atoms with Gasteiger partial charge in [0, 0.05) is 50.0 Å². The van der Waals surface area contributed by atoms with Crippen LogP contribution in [0.5, 0.6) is 5.75 Å². The number of likely N-dealkylation sites (tertiary alicyclic amines) is 1. The lowest BCUT2D eigenvalue weighted by atomic mass is 10.1. The largest absolute Gasteiger partial charge is 0.496 e. The molecule has 1 N–H and O–H groups in total. The van der Waals surface area contributed by atoms with Crippen LogP contribution in [0.3, 0.4) is 0 Å². The summed E-state index contributed by atoms with van der Waals surface area (Å²) in [4.78, 5) is 14.4. The van der Waals surface area contributed by atoms with Crippen LogP contribution in [0.4, 0.5) is 0 Å². The van der Waals surface area contributed by atoms with Crippen LogP contribution >= 0.6 is 0 Å². The molecule has 172 valence electrons. The Balaban J connectivity index is 1.48. The second-order valence-electron chi connectivity index (χ2n) is 8.55. The Morgan fingerprint density at radius 1 is 1.25 bits per heavy atom.